The number of halogens is 1. The van der Waals surface area contributed by atoms with Crippen molar-refractivity contribution in [3.05, 3.63) is 17.0 Å². The topological polar surface area (TPSA) is 60.2 Å². The number of aryl methyl sites for hydroxylation is 1. The minimum absolute atomic E-state index is 0.238. The molecule has 0 N–H and O–H groups in total. The predicted molar refractivity (Wildman–Crippen MR) is 46.9 cm³/mol. The Labute approximate surface area is 81.3 Å². The zero-order chi connectivity index (χ0) is 10.2. The SMILES string of the molecule is O=S(=O)(F)Cc1noc2c1CCCC2. The molecule has 0 saturated heterocycles. The van der Waals surface area contributed by atoms with Crippen LogP contribution in [0.5, 0.6) is 0 Å². The highest BCUT2D eigenvalue weighted by Crippen LogP contribution is 2.25. The Hall–Kier alpha value is -0.910. The number of rotatable bonds is 2. The lowest BCUT2D eigenvalue weighted by Gasteiger charge is -2.07. The average molecular weight is 219 g/mol. The van der Waals surface area contributed by atoms with Gasteiger partial charge in [-0.3, -0.25) is 0 Å². The molecule has 0 fully saturated rings. The van der Waals surface area contributed by atoms with Crippen LogP contribution in [0.25, 0.3) is 0 Å². The quantitative estimate of drug-likeness (QED) is 0.704. The molecule has 1 heterocycles. The van der Waals surface area contributed by atoms with Crippen molar-refractivity contribution in [2.75, 3.05) is 0 Å². The molecule has 0 radical (unpaired) electrons. The van der Waals surface area contributed by atoms with Gasteiger partial charge in [0.25, 0.3) is 0 Å². The summed E-state index contributed by atoms with van der Waals surface area (Å²) in [6.07, 6.45) is 3.51. The second kappa shape index (κ2) is 3.34. The van der Waals surface area contributed by atoms with Crippen molar-refractivity contribution < 1.29 is 16.8 Å². The molecule has 0 saturated carbocycles. The van der Waals surface area contributed by atoms with E-state index in [1.54, 1.807) is 0 Å². The molecule has 0 aliphatic heterocycles. The standard InChI is InChI=1S/C8H10FNO3S/c9-14(11,12)5-7-6-3-1-2-4-8(6)13-10-7/h1-5H2. The number of hydrogen-bond acceptors (Lipinski definition) is 4. The summed E-state index contributed by atoms with van der Waals surface area (Å²) in [6.45, 7) is 0. The lowest BCUT2D eigenvalue weighted by molar-refractivity contribution is 0.369. The Morgan fingerprint density at radius 2 is 2.07 bits per heavy atom. The van der Waals surface area contributed by atoms with Crippen LogP contribution in [-0.2, 0) is 28.8 Å². The largest absolute Gasteiger partial charge is 0.361 e. The van der Waals surface area contributed by atoms with Crippen LogP contribution < -0.4 is 0 Å². The van der Waals surface area contributed by atoms with Crippen LogP contribution in [0.1, 0.15) is 29.9 Å². The van der Waals surface area contributed by atoms with Gasteiger partial charge in [-0.1, -0.05) is 5.16 Å². The fraction of sp³-hybridized carbons (Fsp3) is 0.625. The van der Waals surface area contributed by atoms with Gasteiger partial charge in [0.15, 0.2) is 0 Å². The molecule has 0 unspecified atom stereocenters. The van der Waals surface area contributed by atoms with Crippen molar-refractivity contribution in [3.8, 4) is 0 Å². The highest BCUT2D eigenvalue weighted by atomic mass is 32.3. The van der Waals surface area contributed by atoms with Crippen LogP contribution in [0.4, 0.5) is 3.89 Å². The van der Waals surface area contributed by atoms with Gasteiger partial charge in [-0.15, -0.1) is 3.89 Å². The molecule has 1 aliphatic carbocycles. The summed E-state index contributed by atoms with van der Waals surface area (Å²) in [5, 5.41) is 3.59. The van der Waals surface area contributed by atoms with Crippen LogP contribution in [0.15, 0.2) is 4.52 Å². The van der Waals surface area contributed by atoms with E-state index < -0.39 is 16.0 Å². The summed E-state index contributed by atoms with van der Waals surface area (Å²) in [7, 11) is -4.50. The van der Waals surface area contributed by atoms with Crippen molar-refractivity contribution in [1.29, 1.82) is 0 Å². The first-order valence-corrected chi connectivity index (χ1v) is 6.00. The number of fused-ring (bicyclic) bond motifs is 1. The van der Waals surface area contributed by atoms with Crippen molar-refractivity contribution in [2.24, 2.45) is 0 Å². The van der Waals surface area contributed by atoms with E-state index >= 15 is 0 Å². The number of hydrogen-bond donors (Lipinski definition) is 0. The number of aromatic nitrogens is 1. The van der Waals surface area contributed by atoms with E-state index in [1.807, 2.05) is 0 Å². The minimum atomic E-state index is -4.50. The summed E-state index contributed by atoms with van der Waals surface area (Å²) >= 11 is 0. The molecule has 14 heavy (non-hydrogen) atoms. The molecule has 78 valence electrons. The van der Waals surface area contributed by atoms with E-state index in [0.717, 1.165) is 37.0 Å². The summed E-state index contributed by atoms with van der Waals surface area (Å²) in [4.78, 5) is 0. The Morgan fingerprint density at radius 1 is 1.36 bits per heavy atom. The van der Waals surface area contributed by atoms with Gasteiger partial charge in [0.2, 0.25) is 0 Å². The van der Waals surface area contributed by atoms with Crippen molar-refractivity contribution in [2.45, 2.75) is 31.4 Å². The van der Waals surface area contributed by atoms with Crippen LogP contribution in [-0.4, -0.2) is 13.6 Å². The molecule has 6 heteroatoms. The first-order valence-electron chi connectivity index (χ1n) is 4.45. The average Bonchev–Trinajstić information content (AvgIpc) is 2.47. The summed E-state index contributed by atoms with van der Waals surface area (Å²) in [5.41, 5.74) is 1.03. The molecule has 0 amide bonds. The highest BCUT2D eigenvalue weighted by Gasteiger charge is 2.22. The van der Waals surface area contributed by atoms with Crippen molar-refractivity contribution in [3.63, 3.8) is 0 Å². The van der Waals surface area contributed by atoms with Gasteiger partial charge < -0.3 is 4.52 Å². The normalized spacial score (nSPS) is 16.6. The van der Waals surface area contributed by atoms with E-state index in [0.29, 0.717) is 0 Å². The maximum Gasteiger partial charge on any atom is 0.308 e. The molecular formula is C8H10FNO3S. The maximum absolute atomic E-state index is 12.4. The van der Waals surface area contributed by atoms with E-state index in [2.05, 4.69) is 5.16 Å². The third-order valence-electron chi connectivity index (χ3n) is 2.34. The van der Waals surface area contributed by atoms with Gasteiger partial charge >= 0.3 is 10.2 Å². The molecular weight excluding hydrogens is 209 g/mol. The van der Waals surface area contributed by atoms with Crippen molar-refractivity contribution >= 4 is 10.2 Å². The molecule has 0 bridgehead atoms. The predicted octanol–water partition coefficient (Wildman–Crippen LogP) is 1.35. The Balaban J connectivity index is 2.31. The third-order valence-corrected chi connectivity index (χ3v) is 2.96. The molecule has 1 aromatic rings. The molecule has 0 aromatic carbocycles. The van der Waals surface area contributed by atoms with Gasteiger partial charge in [-0.25, -0.2) is 0 Å². The second-order valence-corrected chi connectivity index (χ2v) is 4.79. The molecule has 4 nitrogen and oxygen atoms in total. The molecule has 2 rings (SSSR count). The Kier molecular flexibility index (Phi) is 2.30. The third kappa shape index (κ3) is 1.95. The zero-order valence-corrected chi connectivity index (χ0v) is 8.31. The van der Waals surface area contributed by atoms with Crippen LogP contribution >= 0.6 is 0 Å². The lowest BCUT2D eigenvalue weighted by Crippen LogP contribution is -2.04. The number of nitrogens with zero attached hydrogens (tertiary/aromatic N) is 1. The Morgan fingerprint density at radius 3 is 2.79 bits per heavy atom. The van der Waals surface area contributed by atoms with Gasteiger partial charge in [-0.05, 0) is 19.3 Å². The summed E-state index contributed by atoms with van der Waals surface area (Å²) < 4.78 is 38.2. The zero-order valence-electron chi connectivity index (χ0n) is 7.49. The summed E-state index contributed by atoms with van der Waals surface area (Å²) in [6, 6.07) is 0. The molecule has 0 spiro atoms. The van der Waals surface area contributed by atoms with E-state index in [9.17, 15) is 12.3 Å². The molecule has 1 aliphatic rings. The van der Waals surface area contributed by atoms with Gasteiger partial charge in [0.05, 0.1) is 0 Å². The minimum Gasteiger partial charge on any atom is -0.361 e. The first kappa shape index (κ1) is 9.64. The van der Waals surface area contributed by atoms with E-state index in [-0.39, 0.29) is 5.69 Å². The maximum atomic E-state index is 12.4. The molecule has 1 aromatic heterocycles. The van der Waals surface area contributed by atoms with E-state index in [1.165, 1.54) is 0 Å². The fourth-order valence-corrected chi connectivity index (χ4v) is 2.28. The lowest BCUT2D eigenvalue weighted by atomic mass is 9.97. The van der Waals surface area contributed by atoms with Gasteiger partial charge in [-0.2, -0.15) is 8.42 Å². The van der Waals surface area contributed by atoms with Crippen LogP contribution in [0, 0.1) is 0 Å². The second-order valence-electron chi connectivity index (χ2n) is 3.42. The van der Waals surface area contributed by atoms with Gasteiger partial charge in [0, 0.05) is 12.0 Å². The fourth-order valence-electron chi connectivity index (χ4n) is 1.73. The highest BCUT2D eigenvalue weighted by molar-refractivity contribution is 7.85. The Bertz CT molecular complexity index is 437. The first-order chi connectivity index (χ1) is 6.56. The molecule has 0 atom stereocenters. The van der Waals surface area contributed by atoms with Crippen molar-refractivity contribution in [1.82, 2.24) is 5.16 Å². The smallest absolute Gasteiger partial charge is 0.308 e. The van der Waals surface area contributed by atoms with Gasteiger partial charge in [0.1, 0.15) is 17.2 Å². The van der Waals surface area contributed by atoms with Crippen LogP contribution in [0.2, 0.25) is 0 Å². The van der Waals surface area contributed by atoms with Crippen LogP contribution in [0.3, 0.4) is 0 Å². The van der Waals surface area contributed by atoms with E-state index in [4.69, 9.17) is 4.52 Å². The summed E-state index contributed by atoms with van der Waals surface area (Å²) in [5.74, 6) is 0.0566. The monoisotopic (exact) mass is 219 g/mol.